The molecule has 0 amide bonds. The Kier molecular flexibility index (Phi) is 7.96. The number of hydrogen-bond acceptors (Lipinski definition) is 2. The lowest BCUT2D eigenvalue weighted by Crippen LogP contribution is -2.42. The van der Waals surface area contributed by atoms with Crippen LogP contribution in [0.15, 0.2) is 4.99 Å². The third kappa shape index (κ3) is 8.02. The van der Waals surface area contributed by atoms with E-state index in [2.05, 4.69) is 50.1 Å². The maximum Gasteiger partial charge on any atom is 0.188 e. The van der Waals surface area contributed by atoms with Crippen molar-refractivity contribution >= 4 is 5.96 Å². The number of unbranched alkanes of at least 4 members (excludes halogenated alkanes) is 3. The molecule has 0 spiro atoms. The number of guanidine groups is 1. The summed E-state index contributed by atoms with van der Waals surface area (Å²) >= 11 is 0. The van der Waals surface area contributed by atoms with Gasteiger partial charge in [-0.25, -0.2) is 0 Å². The van der Waals surface area contributed by atoms with Crippen LogP contribution >= 0.6 is 0 Å². The first-order valence-electron chi connectivity index (χ1n) is 6.61. The van der Waals surface area contributed by atoms with Crippen molar-refractivity contribution in [2.24, 2.45) is 10.7 Å². The first-order valence-corrected chi connectivity index (χ1v) is 6.61. The predicted octanol–water partition coefficient (Wildman–Crippen LogP) is 1.81. The molecule has 0 saturated carbocycles. The Labute approximate surface area is 107 Å². The molecular formula is C13H30N4. The zero-order chi connectivity index (χ0) is 13.3. The summed E-state index contributed by atoms with van der Waals surface area (Å²) in [5, 5.41) is 3.16. The van der Waals surface area contributed by atoms with Crippen LogP contribution in [0.4, 0.5) is 0 Å². The fourth-order valence-corrected chi connectivity index (χ4v) is 1.24. The SMILES string of the molecule is CCCCCCNC(N)=NCC(C)(C)N(C)C. The highest BCUT2D eigenvalue weighted by atomic mass is 15.2. The predicted molar refractivity (Wildman–Crippen MR) is 76.4 cm³/mol. The zero-order valence-electron chi connectivity index (χ0n) is 12.2. The van der Waals surface area contributed by atoms with Crippen LogP contribution in [0.2, 0.25) is 0 Å². The molecule has 0 aromatic heterocycles. The second-order valence-electron chi connectivity index (χ2n) is 5.40. The minimum atomic E-state index is 0.0501. The maximum atomic E-state index is 5.82. The van der Waals surface area contributed by atoms with Gasteiger partial charge in [0.25, 0.3) is 0 Å². The van der Waals surface area contributed by atoms with Crippen LogP contribution in [-0.4, -0.2) is 43.6 Å². The molecule has 0 aromatic carbocycles. The molecule has 0 unspecified atom stereocenters. The van der Waals surface area contributed by atoms with Crippen LogP contribution in [0.5, 0.6) is 0 Å². The van der Waals surface area contributed by atoms with E-state index < -0.39 is 0 Å². The summed E-state index contributed by atoms with van der Waals surface area (Å²) in [4.78, 5) is 6.53. The molecule has 0 bridgehead atoms. The fraction of sp³-hybridized carbons (Fsp3) is 0.923. The molecular weight excluding hydrogens is 212 g/mol. The van der Waals surface area contributed by atoms with E-state index in [1.54, 1.807) is 0 Å². The Hall–Kier alpha value is -0.770. The van der Waals surface area contributed by atoms with E-state index in [-0.39, 0.29) is 5.54 Å². The highest BCUT2D eigenvalue weighted by molar-refractivity contribution is 5.77. The van der Waals surface area contributed by atoms with Gasteiger partial charge < -0.3 is 16.0 Å². The molecule has 17 heavy (non-hydrogen) atoms. The molecule has 4 nitrogen and oxygen atoms in total. The number of rotatable bonds is 8. The summed E-state index contributed by atoms with van der Waals surface area (Å²) in [5.74, 6) is 0.566. The fourth-order valence-electron chi connectivity index (χ4n) is 1.24. The number of likely N-dealkylation sites (N-methyl/N-ethyl adjacent to an activating group) is 1. The number of nitrogens with two attached hydrogens (primary N) is 1. The van der Waals surface area contributed by atoms with Crippen LogP contribution in [0, 0.1) is 0 Å². The Morgan fingerprint density at radius 2 is 1.88 bits per heavy atom. The van der Waals surface area contributed by atoms with Crippen LogP contribution in [-0.2, 0) is 0 Å². The van der Waals surface area contributed by atoms with Gasteiger partial charge in [-0.3, -0.25) is 4.99 Å². The van der Waals surface area contributed by atoms with Gasteiger partial charge in [-0.05, 0) is 34.4 Å². The Bertz CT molecular complexity index is 221. The van der Waals surface area contributed by atoms with Gasteiger partial charge in [0.05, 0.1) is 6.54 Å². The molecule has 0 fully saturated rings. The highest BCUT2D eigenvalue weighted by Crippen LogP contribution is 2.09. The van der Waals surface area contributed by atoms with E-state index >= 15 is 0 Å². The quantitative estimate of drug-likeness (QED) is 0.388. The Morgan fingerprint density at radius 1 is 1.24 bits per heavy atom. The molecule has 4 heteroatoms. The Balaban J connectivity index is 3.79. The number of hydrogen-bond donors (Lipinski definition) is 2. The molecule has 0 heterocycles. The Morgan fingerprint density at radius 3 is 2.41 bits per heavy atom. The first-order chi connectivity index (χ1) is 7.90. The number of aliphatic imine (C=N–C) groups is 1. The minimum Gasteiger partial charge on any atom is -0.370 e. The molecule has 0 aliphatic heterocycles. The second-order valence-corrected chi connectivity index (χ2v) is 5.40. The zero-order valence-corrected chi connectivity index (χ0v) is 12.2. The van der Waals surface area contributed by atoms with Crippen molar-refractivity contribution in [2.75, 3.05) is 27.2 Å². The summed E-state index contributed by atoms with van der Waals surface area (Å²) in [5.41, 5.74) is 5.87. The van der Waals surface area contributed by atoms with Gasteiger partial charge in [0.15, 0.2) is 5.96 Å². The van der Waals surface area contributed by atoms with Gasteiger partial charge in [0.2, 0.25) is 0 Å². The summed E-state index contributed by atoms with van der Waals surface area (Å²) in [6.07, 6.45) is 4.99. The van der Waals surface area contributed by atoms with E-state index in [0.717, 1.165) is 6.54 Å². The molecule has 102 valence electrons. The topological polar surface area (TPSA) is 53.6 Å². The second kappa shape index (κ2) is 8.34. The van der Waals surface area contributed by atoms with Crippen molar-refractivity contribution in [3.8, 4) is 0 Å². The van der Waals surface area contributed by atoms with Gasteiger partial charge >= 0.3 is 0 Å². The minimum absolute atomic E-state index is 0.0501. The van der Waals surface area contributed by atoms with Gasteiger partial charge in [-0.2, -0.15) is 0 Å². The van der Waals surface area contributed by atoms with E-state index in [1.165, 1.54) is 25.7 Å². The lowest BCUT2D eigenvalue weighted by molar-refractivity contribution is 0.205. The van der Waals surface area contributed by atoms with E-state index in [9.17, 15) is 0 Å². The van der Waals surface area contributed by atoms with E-state index in [4.69, 9.17) is 5.73 Å². The standard InChI is InChI=1S/C13H30N4/c1-6-7-8-9-10-15-12(14)16-11-13(2,3)17(4)5/h6-11H2,1-5H3,(H3,14,15,16). The van der Waals surface area contributed by atoms with Crippen LogP contribution in [0.25, 0.3) is 0 Å². The maximum absolute atomic E-state index is 5.82. The monoisotopic (exact) mass is 242 g/mol. The van der Waals surface area contributed by atoms with Crippen molar-refractivity contribution in [1.82, 2.24) is 10.2 Å². The van der Waals surface area contributed by atoms with Crippen molar-refractivity contribution in [1.29, 1.82) is 0 Å². The third-order valence-electron chi connectivity index (χ3n) is 3.18. The summed E-state index contributed by atoms with van der Waals surface area (Å²) in [6.45, 7) is 8.17. The largest absolute Gasteiger partial charge is 0.370 e. The van der Waals surface area contributed by atoms with Crippen molar-refractivity contribution in [3.63, 3.8) is 0 Å². The molecule has 0 aliphatic rings. The lowest BCUT2D eigenvalue weighted by Gasteiger charge is -2.30. The molecule has 0 aliphatic carbocycles. The molecule has 0 saturated heterocycles. The molecule has 0 radical (unpaired) electrons. The smallest absolute Gasteiger partial charge is 0.188 e. The molecule has 0 rings (SSSR count). The third-order valence-corrected chi connectivity index (χ3v) is 3.18. The normalized spacial score (nSPS) is 13.2. The van der Waals surface area contributed by atoms with Crippen molar-refractivity contribution in [3.05, 3.63) is 0 Å². The van der Waals surface area contributed by atoms with E-state index in [0.29, 0.717) is 12.5 Å². The average molecular weight is 242 g/mol. The number of nitrogens with zero attached hydrogens (tertiary/aromatic N) is 2. The van der Waals surface area contributed by atoms with Crippen LogP contribution in [0.1, 0.15) is 46.5 Å². The lowest BCUT2D eigenvalue weighted by atomic mass is 10.1. The summed E-state index contributed by atoms with van der Waals surface area (Å²) < 4.78 is 0. The van der Waals surface area contributed by atoms with Crippen LogP contribution in [0.3, 0.4) is 0 Å². The van der Waals surface area contributed by atoms with Crippen LogP contribution < -0.4 is 11.1 Å². The van der Waals surface area contributed by atoms with E-state index in [1.807, 2.05) is 0 Å². The van der Waals surface area contributed by atoms with Crippen molar-refractivity contribution in [2.45, 2.75) is 52.0 Å². The number of nitrogens with one attached hydrogen (secondary N) is 1. The highest BCUT2D eigenvalue weighted by Gasteiger charge is 2.19. The summed E-state index contributed by atoms with van der Waals surface area (Å²) in [7, 11) is 4.12. The van der Waals surface area contributed by atoms with Gasteiger partial charge in [-0.1, -0.05) is 26.2 Å². The van der Waals surface area contributed by atoms with Gasteiger partial charge in [0.1, 0.15) is 0 Å². The van der Waals surface area contributed by atoms with Gasteiger partial charge in [0, 0.05) is 12.1 Å². The molecule has 0 atom stereocenters. The molecule has 3 N–H and O–H groups in total. The molecule has 0 aromatic rings. The average Bonchev–Trinajstić information content (AvgIpc) is 2.26. The van der Waals surface area contributed by atoms with Gasteiger partial charge in [-0.15, -0.1) is 0 Å². The first kappa shape index (κ1) is 16.2. The van der Waals surface area contributed by atoms with Crippen molar-refractivity contribution < 1.29 is 0 Å². The summed E-state index contributed by atoms with van der Waals surface area (Å²) in [6, 6.07) is 0.